The van der Waals surface area contributed by atoms with Crippen molar-refractivity contribution in [3.8, 4) is 0 Å². The van der Waals surface area contributed by atoms with Gasteiger partial charge in [0.05, 0.1) is 17.2 Å². The number of amides is 1. The molecule has 1 saturated heterocycles. The van der Waals surface area contributed by atoms with Crippen LogP contribution in [-0.2, 0) is 4.74 Å². The van der Waals surface area contributed by atoms with Gasteiger partial charge in [0.1, 0.15) is 0 Å². The number of furan rings is 1. The van der Waals surface area contributed by atoms with Crippen LogP contribution in [0, 0.1) is 6.92 Å². The van der Waals surface area contributed by atoms with E-state index in [0.29, 0.717) is 16.4 Å². The Labute approximate surface area is 128 Å². The maximum atomic E-state index is 12.4. The van der Waals surface area contributed by atoms with Crippen LogP contribution in [0.5, 0.6) is 0 Å². The number of benzene rings is 1. The molecule has 0 spiro atoms. The van der Waals surface area contributed by atoms with Crippen LogP contribution in [0.1, 0.15) is 35.9 Å². The summed E-state index contributed by atoms with van der Waals surface area (Å²) in [5.74, 6) is 0.103. The first-order valence-corrected chi connectivity index (χ1v) is 7.56. The van der Waals surface area contributed by atoms with E-state index in [1.165, 1.54) is 0 Å². The maximum absolute atomic E-state index is 12.4. The van der Waals surface area contributed by atoms with Crippen LogP contribution < -0.4 is 5.32 Å². The molecule has 3 rings (SSSR count). The molecule has 2 heterocycles. The normalized spacial score (nSPS) is 19.9. The van der Waals surface area contributed by atoms with Crippen LogP contribution in [0.3, 0.4) is 0 Å². The molecule has 1 amide bonds. The molecule has 0 saturated carbocycles. The Bertz CT molecular complexity index is 673. The zero-order valence-electron chi connectivity index (χ0n) is 12.1. The molecule has 0 bridgehead atoms. The van der Waals surface area contributed by atoms with Gasteiger partial charge in [-0.2, -0.15) is 0 Å². The summed E-state index contributed by atoms with van der Waals surface area (Å²) in [5, 5.41) is 4.35. The molecular weight excluding hydrogens is 290 g/mol. The number of aryl methyl sites for hydroxylation is 1. The van der Waals surface area contributed by atoms with Crippen LogP contribution in [0.4, 0.5) is 0 Å². The number of rotatable bonds is 3. The van der Waals surface area contributed by atoms with Crippen LogP contribution in [0.25, 0.3) is 11.0 Å². The SMILES string of the molecule is Cc1c(C(=O)NC(C)C2CCCO2)oc2c(Cl)cccc12. The highest BCUT2D eigenvalue weighted by Gasteiger charge is 2.26. The topological polar surface area (TPSA) is 51.5 Å². The van der Waals surface area contributed by atoms with Gasteiger partial charge in [-0.25, -0.2) is 0 Å². The summed E-state index contributed by atoms with van der Waals surface area (Å²) >= 11 is 6.11. The highest BCUT2D eigenvalue weighted by Crippen LogP contribution is 2.30. The summed E-state index contributed by atoms with van der Waals surface area (Å²) in [6, 6.07) is 5.47. The summed E-state index contributed by atoms with van der Waals surface area (Å²) in [4.78, 5) is 12.4. The minimum Gasteiger partial charge on any atom is -0.449 e. The Morgan fingerprint density at radius 1 is 1.48 bits per heavy atom. The van der Waals surface area contributed by atoms with E-state index in [2.05, 4.69) is 5.32 Å². The third-order valence-electron chi connectivity index (χ3n) is 4.00. The van der Waals surface area contributed by atoms with Crippen molar-refractivity contribution in [1.82, 2.24) is 5.32 Å². The largest absolute Gasteiger partial charge is 0.449 e. The molecule has 21 heavy (non-hydrogen) atoms. The van der Waals surface area contributed by atoms with E-state index in [0.717, 1.165) is 30.4 Å². The van der Waals surface area contributed by atoms with Crippen molar-refractivity contribution in [3.63, 3.8) is 0 Å². The Morgan fingerprint density at radius 2 is 2.29 bits per heavy atom. The first kappa shape index (κ1) is 14.4. The number of hydrogen-bond donors (Lipinski definition) is 1. The number of fused-ring (bicyclic) bond motifs is 1. The minimum absolute atomic E-state index is 0.0388. The number of halogens is 1. The van der Waals surface area contributed by atoms with Gasteiger partial charge in [-0.05, 0) is 32.8 Å². The lowest BCUT2D eigenvalue weighted by Crippen LogP contribution is -2.40. The van der Waals surface area contributed by atoms with Crippen molar-refractivity contribution in [2.45, 2.75) is 38.8 Å². The highest BCUT2D eigenvalue weighted by molar-refractivity contribution is 6.35. The number of nitrogens with one attached hydrogen (secondary N) is 1. The number of carbonyl (C=O) groups excluding carboxylic acids is 1. The van der Waals surface area contributed by atoms with Crippen LogP contribution >= 0.6 is 11.6 Å². The van der Waals surface area contributed by atoms with Crippen LogP contribution in [0.2, 0.25) is 5.02 Å². The predicted octanol–water partition coefficient (Wildman–Crippen LogP) is 3.69. The average molecular weight is 308 g/mol. The van der Waals surface area contributed by atoms with E-state index >= 15 is 0 Å². The third-order valence-corrected chi connectivity index (χ3v) is 4.30. The van der Waals surface area contributed by atoms with Gasteiger partial charge in [-0.3, -0.25) is 4.79 Å². The first-order valence-electron chi connectivity index (χ1n) is 7.18. The molecule has 1 aliphatic heterocycles. The highest BCUT2D eigenvalue weighted by atomic mass is 35.5. The lowest BCUT2D eigenvalue weighted by molar-refractivity contribution is 0.0697. The Kier molecular flexibility index (Phi) is 3.91. The smallest absolute Gasteiger partial charge is 0.287 e. The molecule has 1 N–H and O–H groups in total. The van der Waals surface area contributed by atoms with E-state index in [4.69, 9.17) is 20.8 Å². The quantitative estimate of drug-likeness (QED) is 0.941. The second-order valence-corrected chi connectivity index (χ2v) is 5.89. The van der Waals surface area contributed by atoms with Crippen molar-refractivity contribution < 1.29 is 13.9 Å². The van der Waals surface area contributed by atoms with E-state index in [9.17, 15) is 4.79 Å². The van der Waals surface area contributed by atoms with Gasteiger partial charge in [-0.1, -0.05) is 23.7 Å². The van der Waals surface area contributed by atoms with Crippen molar-refractivity contribution in [3.05, 3.63) is 34.5 Å². The van der Waals surface area contributed by atoms with Gasteiger partial charge >= 0.3 is 0 Å². The number of ether oxygens (including phenoxy) is 1. The second-order valence-electron chi connectivity index (χ2n) is 5.49. The standard InChI is InChI=1S/C16H18ClNO3/c1-9-11-5-3-6-12(17)15(11)21-14(9)16(19)18-10(2)13-7-4-8-20-13/h3,5-6,10,13H,4,7-8H2,1-2H3,(H,18,19). The summed E-state index contributed by atoms with van der Waals surface area (Å²) in [6.45, 7) is 4.59. The summed E-state index contributed by atoms with van der Waals surface area (Å²) < 4.78 is 11.3. The molecule has 0 radical (unpaired) electrons. The second kappa shape index (κ2) is 5.70. The molecule has 2 unspecified atom stereocenters. The zero-order chi connectivity index (χ0) is 15.0. The van der Waals surface area contributed by atoms with Gasteiger partial charge in [0, 0.05) is 17.6 Å². The molecule has 1 aliphatic rings. The van der Waals surface area contributed by atoms with Crippen LogP contribution in [-0.4, -0.2) is 24.7 Å². The van der Waals surface area contributed by atoms with E-state index in [1.54, 1.807) is 6.07 Å². The Balaban J connectivity index is 1.84. The Hall–Kier alpha value is -1.52. The average Bonchev–Trinajstić information content (AvgIpc) is 3.08. The lowest BCUT2D eigenvalue weighted by atomic mass is 10.1. The van der Waals surface area contributed by atoms with Crippen molar-refractivity contribution in [2.24, 2.45) is 0 Å². The lowest BCUT2D eigenvalue weighted by Gasteiger charge is -2.19. The van der Waals surface area contributed by atoms with Gasteiger partial charge in [-0.15, -0.1) is 0 Å². The number of para-hydroxylation sites is 1. The molecule has 112 valence electrons. The molecule has 0 aliphatic carbocycles. The van der Waals surface area contributed by atoms with Crippen LogP contribution in [0.15, 0.2) is 22.6 Å². The number of hydrogen-bond acceptors (Lipinski definition) is 3. The maximum Gasteiger partial charge on any atom is 0.287 e. The molecule has 1 fully saturated rings. The zero-order valence-corrected chi connectivity index (χ0v) is 12.9. The summed E-state index contributed by atoms with van der Waals surface area (Å²) in [5.41, 5.74) is 1.37. The monoisotopic (exact) mass is 307 g/mol. The van der Waals surface area contributed by atoms with Crippen molar-refractivity contribution in [1.29, 1.82) is 0 Å². The fourth-order valence-corrected chi connectivity index (χ4v) is 3.00. The van der Waals surface area contributed by atoms with Gasteiger partial charge < -0.3 is 14.5 Å². The predicted molar refractivity (Wildman–Crippen MR) is 81.9 cm³/mol. The summed E-state index contributed by atoms with van der Waals surface area (Å²) in [7, 11) is 0. The van der Waals surface area contributed by atoms with Gasteiger partial charge in [0.25, 0.3) is 5.91 Å². The first-order chi connectivity index (χ1) is 10.1. The molecule has 1 aromatic heterocycles. The van der Waals surface area contributed by atoms with E-state index < -0.39 is 0 Å². The van der Waals surface area contributed by atoms with E-state index in [-0.39, 0.29) is 18.1 Å². The molecule has 4 nitrogen and oxygen atoms in total. The fraction of sp³-hybridized carbons (Fsp3) is 0.438. The third kappa shape index (κ3) is 2.65. The molecule has 2 aromatic rings. The van der Waals surface area contributed by atoms with Crippen molar-refractivity contribution >= 4 is 28.5 Å². The fourth-order valence-electron chi connectivity index (χ4n) is 2.79. The minimum atomic E-state index is -0.220. The molecule has 1 aromatic carbocycles. The molecule has 5 heteroatoms. The van der Waals surface area contributed by atoms with E-state index in [1.807, 2.05) is 26.0 Å². The van der Waals surface area contributed by atoms with Crippen molar-refractivity contribution in [2.75, 3.05) is 6.61 Å². The van der Waals surface area contributed by atoms with Gasteiger partial charge in [0.15, 0.2) is 11.3 Å². The number of carbonyl (C=O) groups is 1. The molecular formula is C16H18ClNO3. The molecule has 2 atom stereocenters. The summed E-state index contributed by atoms with van der Waals surface area (Å²) in [6.07, 6.45) is 2.11. The Morgan fingerprint density at radius 3 is 2.95 bits per heavy atom. The van der Waals surface area contributed by atoms with Gasteiger partial charge in [0.2, 0.25) is 0 Å².